The van der Waals surface area contributed by atoms with Crippen molar-refractivity contribution in [3.8, 4) is 5.75 Å². The third-order valence-corrected chi connectivity index (χ3v) is 5.21. The van der Waals surface area contributed by atoms with Crippen LogP contribution in [0.25, 0.3) is 11.1 Å². The fraction of sp³-hybridized carbons (Fsp3) is 0.259. The quantitative estimate of drug-likeness (QED) is 0.464. The van der Waals surface area contributed by atoms with Crippen LogP contribution in [0.3, 0.4) is 0 Å². The van der Waals surface area contributed by atoms with Crippen LogP contribution in [-0.2, 0) is 0 Å². The van der Waals surface area contributed by atoms with Gasteiger partial charge in [-0.2, -0.15) is 0 Å². The smallest absolute Gasteiger partial charge is 0.119 e. The minimum absolute atomic E-state index is 0.168. The van der Waals surface area contributed by atoms with Gasteiger partial charge in [-0.25, -0.2) is 0 Å². The SMILES string of the molecule is CC/C(=C(/c1ccccc1)c1ccc(OCCN(C)CCO)cc1)c1ccccc1. The molecule has 0 aliphatic heterocycles. The molecule has 0 saturated carbocycles. The minimum atomic E-state index is 0.168. The van der Waals surface area contributed by atoms with Crippen molar-refractivity contribution in [1.82, 2.24) is 4.90 Å². The van der Waals surface area contributed by atoms with E-state index < -0.39 is 0 Å². The summed E-state index contributed by atoms with van der Waals surface area (Å²) in [5.74, 6) is 0.862. The Bertz CT molecular complexity index is 918. The van der Waals surface area contributed by atoms with Gasteiger partial charge in [0.2, 0.25) is 0 Å². The number of hydrogen-bond acceptors (Lipinski definition) is 3. The number of allylic oxidation sites excluding steroid dienone is 1. The molecule has 0 radical (unpaired) electrons. The second-order valence-corrected chi connectivity index (χ2v) is 7.34. The first kappa shape index (κ1) is 21.8. The largest absolute Gasteiger partial charge is 0.492 e. The molecule has 0 bridgehead atoms. The van der Waals surface area contributed by atoms with E-state index in [4.69, 9.17) is 9.84 Å². The molecule has 0 amide bonds. The Kier molecular flexibility index (Phi) is 8.25. The van der Waals surface area contributed by atoms with E-state index in [1.54, 1.807) is 0 Å². The van der Waals surface area contributed by atoms with Crippen LogP contribution in [0.15, 0.2) is 84.9 Å². The maximum Gasteiger partial charge on any atom is 0.119 e. The number of aliphatic hydroxyl groups excluding tert-OH is 1. The molecule has 156 valence electrons. The summed E-state index contributed by atoms with van der Waals surface area (Å²) >= 11 is 0. The summed E-state index contributed by atoms with van der Waals surface area (Å²) in [5.41, 5.74) is 6.26. The summed E-state index contributed by atoms with van der Waals surface area (Å²) in [6.07, 6.45) is 0.948. The molecule has 3 aromatic carbocycles. The first-order valence-electron chi connectivity index (χ1n) is 10.6. The van der Waals surface area contributed by atoms with Crippen molar-refractivity contribution >= 4 is 11.1 Å². The first-order chi connectivity index (χ1) is 14.7. The molecule has 0 heterocycles. The molecule has 0 unspecified atom stereocenters. The maximum atomic E-state index is 8.99. The molecule has 3 rings (SSSR count). The van der Waals surface area contributed by atoms with E-state index in [-0.39, 0.29) is 6.61 Å². The van der Waals surface area contributed by atoms with Crippen molar-refractivity contribution in [3.05, 3.63) is 102 Å². The molecule has 1 N–H and O–H groups in total. The molecule has 0 aliphatic carbocycles. The molecule has 3 nitrogen and oxygen atoms in total. The van der Waals surface area contributed by atoms with Gasteiger partial charge in [-0.15, -0.1) is 0 Å². The maximum absolute atomic E-state index is 8.99. The number of rotatable bonds is 10. The Morgan fingerprint density at radius 1 is 0.767 bits per heavy atom. The number of ether oxygens (including phenoxy) is 1. The lowest BCUT2D eigenvalue weighted by atomic mass is 9.88. The van der Waals surface area contributed by atoms with E-state index in [1.165, 1.54) is 27.8 Å². The summed E-state index contributed by atoms with van der Waals surface area (Å²) in [7, 11) is 1.98. The minimum Gasteiger partial charge on any atom is -0.492 e. The second kappa shape index (κ2) is 11.3. The van der Waals surface area contributed by atoms with Gasteiger partial charge >= 0.3 is 0 Å². The molecular formula is C27H31NO2. The zero-order chi connectivity index (χ0) is 21.2. The number of nitrogens with zero attached hydrogens (tertiary/aromatic N) is 1. The second-order valence-electron chi connectivity index (χ2n) is 7.34. The lowest BCUT2D eigenvalue weighted by Gasteiger charge is -2.17. The normalized spacial score (nSPS) is 12.0. The Balaban J connectivity index is 1.89. The topological polar surface area (TPSA) is 32.7 Å². The standard InChI is InChI=1S/C27H31NO2/c1-3-26(22-10-6-4-7-11-22)27(23-12-8-5-9-13-23)24-14-16-25(17-15-24)30-21-19-28(2)18-20-29/h4-17,29H,3,18-21H2,1-2H3/b27-26+. The lowest BCUT2D eigenvalue weighted by Crippen LogP contribution is -2.27. The Morgan fingerprint density at radius 2 is 1.33 bits per heavy atom. The molecule has 0 atom stereocenters. The van der Waals surface area contributed by atoms with Crippen molar-refractivity contribution in [2.45, 2.75) is 13.3 Å². The van der Waals surface area contributed by atoms with Crippen molar-refractivity contribution in [2.24, 2.45) is 0 Å². The van der Waals surface area contributed by atoms with Crippen LogP contribution in [-0.4, -0.2) is 43.4 Å². The van der Waals surface area contributed by atoms with Crippen molar-refractivity contribution < 1.29 is 9.84 Å². The fourth-order valence-corrected chi connectivity index (χ4v) is 3.60. The Hall–Kier alpha value is -2.88. The van der Waals surface area contributed by atoms with Crippen molar-refractivity contribution in [2.75, 3.05) is 33.4 Å². The average molecular weight is 402 g/mol. The Morgan fingerprint density at radius 3 is 1.90 bits per heavy atom. The molecular weight excluding hydrogens is 370 g/mol. The highest BCUT2D eigenvalue weighted by Gasteiger charge is 2.13. The fourth-order valence-electron chi connectivity index (χ4n) is 3.60. The van der Waals surface area contributed by atoms with Gasteiger partial charge in [0.15, 0.2) is 0 Å². The van der Waals surface area contributed by atoms with Gasteiger partial charge in [0, 0.05) is 13.1 Å². The van der Waals surface area contributed by atoms with Crippen LogP contribution >= 0.6 is 0 Å². The molecule has 0 fully saturated rings. The summed E-state index contributed by atoms with van der Waals surface area (Å²) in [5, 5.41) is 8.99. The van der Waals surface area contributed by atoms with Crippen LogP contribution < -0.4 is 4.74 Å². The van der Waals surface area contributed by atoms with Gasteiger partial charge in [-0.1, -0.05) is 79.7 Å². The predicted molar refractivity (Wildman–Crippen MR) is 126 cm³/mol. The van der Waals surface area contributed by atoms with E-state index in [2.05, 4.69) is 84.6 Å². The molecule has 3 aromatic rings. The van der Waals surface area contributed by atoms with E-state index in [1.807, 2.05) is 19.2 Å². The zero-order valence-corrected chi connectivity index (χ0v) is 17.9. The summed E-state index contributed by atoms with van der Waals surface area (Å²) in [6, 6.07) is 29.6. The highest BCUT2D eigenvalue weighted by atomic mass is 16.5. The summed E-state index contributed by atoms with van der Waals surface area (Å²) in [6.45, 7) is 4.42. The summed E-state index contributed by atoms with van der Waals surface area (Å²) in [4.78, 5) is 2.05. The number of likely N-dealkylation sites (N-methyl/N-ethyl adjacent to an activating group) is 1. The van der Waals surface area contributed by atoms with Crippen LogP contribution in [0, 0.1) is 0 Å². The molecule has 0 saturated heterocycles. The number of benzene rings is 3. The molecule has 0 aromatic heterocycles. The van der Waals surface area contributed by atoms with Crippen LogP contribution in [0.1, 0.15) is 30.0 Å². The lowest BCUT2D eigenvalue weighted by molar-refractivity contribution is 0.192. The van der Waals surface area contributed by atoms with Gasteiger partial charge < -0.3 is 14.7 Å². The van der Waals surface area contributed by atoms with Gasteiger partial charge in [-0.05, 0) is 53.4 Å². The molecule has 0 aliphatic rings. The predicted octanol–water partition coefficient (Wildman–Crippen LogP) is 5.36. The van der Waals surface area contributed by atoms with Gasteiger partial charge in [0.1, 0.15) is 12.4 Å². The van der Waals surface area contributed by atoms with E-state index in [9.17, 15) is 0 Å². The van der Waals surface area contributed by atoms with Gasteiger partial charge in [-0.3, -0.25) is 0 Å². The van der Waals surface area contributed by atoms with Crippen molar-refractivity contribution in [3.63, 3.8) is 0 Å². The number of aliphatic hydroxyl groups is 1. The van der Waals surface area contributed by atoms with Crippen LogP contribution in [0.5, 0.6) is 5.75 Å². The first-order valence-corrected chi connectivity index (χ1v) is 10.6. The zero-order valence-electron chi connectivity index (χ0n) is 17.9. The highest BCUT2D eigenvalue weighted by Crippen LogP contribution is 2.34. The van der Waals surface area contributed by atoms with E-state index >= 15 is 0 Å². The average Bonchev–Trinajstić information content (AvgIpc) is 2.79. The van der Waals surface area contributed by atoms with Crippen molar-refractivity contribution in [1.29, 1.82) is 0 Å². The molecule has 30 heavy (non-hydrogen) atoms. The highest BCUT2D eigenvalue weighted by molar-refractivity contribution is 5.98. The van der Waals surface area contributed by atoms with Gasteiger partial charge in [0.05, 0.1) is 6.61 Å². The number of hydrogen-bond donors (Lipinski definition) is 1. The Labute approximate surface area is 180 Å². The third kappa shape index (κ3) is 5.82. The van der Waals surface area contributed by atoms with Crippen LogP contribution in [0.4, 0.5) is 0 Å². The molecule has 0 spiro atoms. The molecule has 3 heteroatoms. The van der Waals surface area contributed by atoms with E-state index in [0.29, 0.717) is 13.2 Å². The van der Waals surface area contributed by atoms with Gasteiger partial charge in [0.25, 0.3) is 0 Å². The van der Waals surface area contributed by atoms with E-state index in [0.717, 1.165) is 18.7 Å². The summed E-state index contributed by atoms with van der Waals surface area (Å²) < 4.78 is 5.90. The monoisotopic (exact) mass is 401 g/mol. The van der Waals surface area contributed by atoms with Crippen LogP contribution in [0.2, 0.25) is 0 Å². The third-order valence-electron chi connectivity index (χ3n) is 5.21.